The first kappa shape index (κ1) is 21.5. The summed E-state index contributed by atoms with van der Waals surface area (Å²) in [6.45, 7) is 6.59. The average molecular weight is 378 g/mol. The van der Waals surface area contributed by atoms with Gasteiger partial charge < -0.3 is 20.7 Å². The standard InChI is InChI=1S/C15H31N5O4S/c1-4-20(25(3,22)23)10-6-9-17-14(16)18-13-7-11-19(12-8-13)15(21)24-5-2/h13H,4-12H2,1-3H3,(H3,16,17,18). The van der Waals surface area contributed by atoms with E-state index in [0.717, 1.165) is 12.8 Å². The Morgan fingerprint density at radius 2 is 2.00 bits per heavy atom. The van der Waals surface area contributed by atoms with Crippen molar-refractivity contribution in [3.8, 4) is 0 Å². The summed E-state index contributed by atoms with van der Waals surface area (Å²) in [5, 5.41) is 3.16. The van der Waals surface area contributed by atoms with Gasteiger partial charge in [0.1, 0.15) is 0 Å². The summed E-state index contributed by atoms with van der Waals surface area (Å²) in [5.41, 5.74) is 5.88. The number of hydrogen-bond donors (Lipinski definition) is 2. The Hall–Kier alpha value is -1.55. The summed E-state index contributed by atoms with van der Waals surface area (Å²) >= 11 is 0. The molecule has 1 fully saturated rings. The molecule has 146 valence electrons. The summed E-state index contributed by atoms with van der Waals surface area (Å²) in [6.07, 6.45) is 3.12. The molecule has 1 aliphatic rings. The molecule has 0 saturated carbocycles. The van der Waals surface area contributed by atoms with Crippen LogP contribution in [0.3, 0.4) is 0 Å². The topological polar surface area (TPSA) is 117 Å². The van der Waals surface area contributed by atoms with E-state index in [4.69, 9.17) is 10.5 Å². The lowest BCUT2D eigenvalue weighted by Gasteiger charge is -2.31. The van der Waals surface area contributed by atoms with E-state index in [2.05, 4.69) is 10.3 Å². The van der Waals surface area contributed by atoms with Gasteiger partial charge in [0.05, 0.1) is 12.9 Å². The molecule has 0 aliphatic carbocycles. The Bertz CT molecular complexity index is 544. The van der Waals surface area contributed by atoms with Crippen molar-refractivity contribution in [1.82, 2.24) is 14.5 Å². The van der Waals surface area contributed by atoms with Crippen molar-refractivity contribution in [1.29, 1.82) is 0 Å². The molecule has 25 heavy (non-hydrogen) atoms. The van der Waals surface area contributed by atoms with Crippen LogP contribution >= 0.6 is 0 Å². The zero-order valence-electron chi connectivity index (χ0n) is 15.4. The lowest BCUT2D eigenvalue weighted by Crippen LogP contribution is -2.48. The molecule has 10 heteroatoms. The van der Waals surface area contributed by atoms with Gasteiger partial charge in [-0.25, -0.2) is 17.5 Å². The van der Waals surface area contributed by atoms with Crippen molar-refractivity contribution >= 4 is 22.1 Å². The summed E-state index contributed by atoms with van der Waals surface area (Å²) in [5.74, 6) is 0.358. The van der Waals surface area contributed by atoms with Gasteiger partial charge in [0.15, 0.2) is 5.96 Å². The second-order valence-corrected chi connectivity index (χ2v) is 7.96. The van der Waals surface area contributed by atoms with Gasteiger partial charge in [-0.1, -0.05) is 6.92 Å². The highest BCUT2D eigenvalue weighted by Gasteiger charge is 2.23. The number of sulfonamides is 1. The van der Waals surface area contributed by atoms with E-state index in [0.29, 0.717) is 51.7 Å². The van der Waals surface area contributed by atoms with E-state index in [1.54, 1.807) is 11.8 Å². The van der Waals surface area contributed by atoms with Gasteiger partial charge in [-0.05, 0) is 26.2 Å². The lowest BCUT2D eigenvalue weighted by atomic mass is 10.1. The maximum Gasteiger partial charge on any atom is 0.409 e. The average Bonchev–Trinajstić information content (AvgIpc) is 2.54. The zero-order chi connectivity index (χ0) is 18.9. The van der Waals surface area contributed by atoms with Crippen LogP contribution in [0.5, 0.6) is 0 Å². The van der Waals surface area contributed by atoms with Crippen molar-refractivity contribution in [2.24, 2.45) is 10.7 Å². The number of guanidine groups is 1. The molecule has 1 amide bonds. The molecule has 1 saturated heterocycles. The molecule has 3 N–H and O–H groups in total. The number of piperidine rings is 1. The number of rotatable bonds is 8. The minimum Gasteiger partial charge on any atom is -0.450 e. The Morgan fingerprint density at radius 3 is 2.52 bits per heavy atom. The number of ether oxygens (including phenoxy) is 1. The van der Waals surface area contributed by atoms with E-state index in [1.165, 1.54) is 10.6 Å². The second kappa shape index (κ2) is 10.4. The molecule has 0 aromatic carbocycles. The maximum atomic E-state index is 11.6. The number of nitrogens with one attached hydrogen (secondary N) is 1. The van der Waals surface area contributed by atoms with Gasteiger partial charge in [-0.2, -0.15) is 0 Å². The largest absolute Gasteiger partial charge is 0.450 e. The smallest absolute Gasteiger partial charge is 0.409 e. The predicted octanol–water partition coefficient (Wildman–Crippen LogP) is 0.183. The summed E-state index contributed by atoms with van der Waals surface area (Å²) < 4.78 is 29.4. The normalized spacial score (nSPS) is 17.0. The minimum atomic E-state index is -3.16. The molecule has 1 aliphatic heterocycles. The molecule has 0 aromatic rings. The first-order valence-electron chi connectivity index (χ1n) is 8.71. The van der Waals surface area contributed by atoms with Gasteiger partial charge in [-0.15, -0.1) is 0 Å². The van der Waals surface area contributed by atoms with Crippen molar-refractivity contribution in [2.75, 3.05) is 45.6 Å². The SMILES string of the molecule is CCOC(=O)N1CCC(NC(N)=NCCCN(CC)S(C)(=O)=O)CC1. The highest BCUT2D eigenvalue weighted by atomic mass is 32.2. The number of nitrogens with two attached hydrogens (primary N) is 1. The van der Waals surface area contributed by atoms with Crippen LogP contribution in [0.4, 0.5) is 4.79 Å². The third-order valence-electron chi connectivity index (χ3n) is 4.04. The predicted molar refractivity (Wildman–Crippen MR) is 97.9 cm³/mol. The van der Waals surface area contributed by atoms with E-state index in [9.17, 15) is 13.2 Å². The number of hydrogen-bond acceptors (Lipinski definition) is 5. The molecule has 1 heterocycles. The first-order chi connectivity index (χ1) is 11.8. The van der Waals surface area contributed by atoms with E-state index >= 15 is 0 Å². The fourth-order valence-corrected chi connectivity index (χ4v) is 3.61. The number of carbonyl (C=O) groups is 1. The highest BCUT2D eigenvalue weighted by Crippen LogP contribution is 2.11. The van der Waals surface area contributed by atoms with Crippen LogP contribution in [-0.2, 0) is 14.8 Å². The molecule has 0 spiro atoms. The van der Waals surface area contributed by atoms with Gasteiger partial charge in [0, 0.05) is 38.8 Å². The fourth-order valence-electron chi connectivity index (χ4n) is 2.68. The monoisotopic (exact) mass is 377 g/mol. The Kier molecular flexibility index (Phi) is 8.98. The van der Waals surface area contributed by atoms with Crippen LogP contribution < -0.4 is 11.1 Å². The van der Waals surface area contributed by atoms with Crippen molar-refractivity contribution < 1.29 is 17.9 Å². The number of carbonyl (C=O) groups excluding carboxylic acids is 1. The van der Waals surface area contributed by atoms with Gasteiger partial charge in [0.2, 0.25) is 10.0 Å². The highest BCUT2D eigenvalue weighted by molar-refractivity contribution is 7.88. The van der Waals surface area contributed by atoms with Crippen molar-refractivity contribution in [3.63, 3.8) is 0 Å². The van der Waals surface area contributed by atoms with Crippen LogP contribution in [0.15, 0.2) is 4.99 Å². The molecule has 0 bridgehead atoms. The minimum absolute atomic E-state index is 0.178. The van der Waals surface area contributed by atoms with E-state index < -0.39 is 10.0 Å². The van der Waals surface area contributed by atoms with E-state index in [1.807, 2.05) is 6.92 Å². The van der Waals surface area contributed by atoms with Crippen LogP contribution in [0.25, 0.3) is 0 Å². The number of nitrogens with zero attached hydrogens (tertiary/aromatic N) is 3. The third-order valence-corrected chi connectivity index (χ3v) is 5.42. The van der Waals surface area contributed by atoms with Gasteiger partial charge >= 0.3 is 6.09 Å². The molecule has 0 unspecified atom stereocenters. The van der Waals surface area contributed by atoms with Crippen LogP contribution in [0, 0.1) is 0 Å². The molecule has 9 nitrogen and oxygen atoms in total. The molecular formula is C15H31N5O4S. The van der Waals surface area contributed by atoms with Crippen LogP contribution in [0.2, 0.25) is 0 Å². The van der Waals surface area contributed by atoms with Crippen LogP contribution in [-0.4, -0.2) is 81.3 Å². The lowest BCUT2D eigenvalue weighted by molar-refractivity contribution is 0.0963. The summed E-state index contributed by atoms with van der Waals surface area (Å²) in [7, 11) is -3.16. The first-order valence-corrected chi connectivity index (χ1v) is 10.6. The number of aliphatic imine (C=N–C) groups is 1. The van der Waals surface area contributed by atoms with Crippen molar-refractivity contribution in [2.45, 2.75) is 39.2 Å². The molecule has 0 atom stereocenters. The van der Waals surface area contributed by atoms with Crippen molar-refractivity contribution in [3.05, 3.63) is 0 Å². The van der Waals surface area contributed by atoms with Crippen LogP contribution in [0.1, 0.15) is 33.1 Å². The summed E-state index contributed by atoms with van der Waals surface area (Å²) in [6, 6.07) is 0.178. The van der Waals surface area contributed by atoms with Gasteiger partial charge in [0.25, 0.3) is 0 Å². The fraction of sp³-hybridized carbons (Fsp3) is 0.867. The molecule has 1 rings (SSSR count). The Balaban J connectivity index is 2.29. The number of likely N-dealkylation sites (tertiary alicyclic amines) is 1. The molecule has 0 aromatic heterocycles. The number of amides is 1. The van der Waals surface area contributed by atoms with Gasteiger partial charge in [-0.3, -0.25) is 4.99 Å². The Morgan fingerprint density at radius 1 is 1.36 bits per heavy atom. The third kappa shape index (κ3) is 7.91. The Labute approximate surface area is 150 Å². The van der Waals surface area contributed by atoms with E-state index in [-0.39, 0.29) is 12.1 Å². The molecule has 0 radical (unpaired) electrons. The second-order valence-electron chi connectivity index (χ2n) is 5.98. The summed E-state index contributed by atoms with van der Waals surface area (Å²) in [4.78, 5) is 17.6. The molecular weight excluding hydrogens is 346 g/mol. The quantitative estimate of drug-likeness (QED) is 0.354. The maximum absolute atomic E-state index is 11.6. The zero-order valence-corrected chi connectivity index (χ0v) is 16.2.